The van der Waals surface area contributed by atoms with Crippen molar-refractivity contribution in [1.82, 2.24) is 10.6 Å². The third-order valence-electron chi connectivity index (χ3n) is 6.77. The monoisotopic (exact) mass is 572 g/mol. The lowest BCUT2D eigenvalue weighted by molar-refractivity contribution is -0.143. The number of carboxylic acids is 2. The fourth-order valence-corrected chi connectivity index (χ4v) is 4.17. The van der Waals surface area contributed by atoms with Gasteiger partial charge in [0.05, 0.1) is 6.04 Å². The van der Waals surface area contributed by atoms with Gasteiger partial charge < -0.3 is 38.0 Å². The molecule has 0 aliphatic rings. The second-order valence-electron chi connectivity index (χ2n) is 10.3. The van der Waals surface area contributed by atoms with Crippen LogP contribution in [0.4, 0.5) is 0 Å². The van der Waals surface area contributed by atoms with Gasteiger partial charge in [-0.3, -0.25) is 24.0 Å². The lowest BCUT2D eigenvalue weighted by Crippen LogP contribution is -2.50. The third-order valence-corrected chi connectivity index (χ3v) is 6.77. The van der Waals surface area contributed by atoms with Crippen molar-refractivity contribution in [3.05, 3.63) is 0 Å². The Balaban J connectivity index is 4.88. The van der Waals surface area contributed by atoms with Crippen molar-refractivity contribution in [3.63, 3.8) is 0 Å². The number of hydrogen-bond acceptors (Lipinski definition) is 8. The van der Waals surface area contributed by atoms with Crippen molar-refractivity contribution in [2.75, 3.05) is 0 Å². The van der Waals surface area contributed by atoms with Gasteiger partial charge in [-0.1, -0.05) is 58.3 Å². The lowest BCUT2D eigenvalue weighted by atomic mass is 9.86. The van der Waals surface area contributed by atoms with Crippen LogP contribution in [0.2, 0.25) is 1.41 Å². The van der Waals surface area contributed by atoms with Crippen LogP contribution in [0.15, 0.2) is 0 Å². The van der Waals surface area contributed by atoms with Crippen LogP contribution in [0.5, 0.6) is 0 Å². The molecule has 0 aromatic rings. The molecule has 13 heteroatoms. The molecule has 0 aromatic heterocycles. The summed E-state index contributed by atoms with van der Waals surface area (Å²) in [6, 6.07) is -5.66. The number of aliphatic carboxylic acids is 2. The van der Waals surface area contributed by atoms with Crippen LogP contribution >= 0.6 is 0 Å². The molecule has 0 heterocycles. The van der Waals surface area contributed by atoms with Crippen LogP contribution in [-0.2, 0) is 28.8 Å². The minimum atomic E-state index is -1.73. The Labute approximate surface area is 237 Å². The Kier molecular flexibility index (Phi) is 18.2. The zero-order valence-corrected chi connectivity index (χ0v) is 23.8. The standard InChI is InChI=1S/C27H49N5O8/c1-3-4-5-6-7-8-9-10-11-12-22(34)31-17(2)25(36)32-20(27(39)40)15-16-21(33)18(23(29)24(30)35)13-14-19(28)26(37)38/h17-20,23H,3-16,28-29H2,1-2H3,(H2,30,35)(H,31,34)(H,32,36)(H,37,38)(H,39,40)/t17-,18?,19?,20+,23?/m0/s1/i/hD. The van der Waals surface area contributed by atoms with Crippen LogP contribution in [0.25, 0.3) is 0 Å². The number of nitrogens with one attached hydrogen (secondary N) is 2. The van der Waals surface area contributed by atoms with Crippen LogP contribution in [0.1, 0.15) is 104 Å². The van der Waals surface area contributed by atoms with E-state index in [-0.39, 0.29) is 30.5 Å². The topological polar surface area (TPSA) is 245 Å². The van der Waals surface area contributed by atoms with Crippen molar-refractivity contribution in [2.45, 2.75) is 128 Å². The first-order valence-corrected chi connectivity index (χ1v) is 14.1. The smallest absolute Gasteiger partial charge is 0.326 e. The molecular formula is C27H49N5O8. The number of amides is 3. The summed E-state index contributed by atoms with van der Waals surface area (Å²) >= 11 is 0. The summed E-state index contributed by atoms with van der Waals surface area (Å²) < 4.78 is 8.06. The number of carbonyl (C=O) groups is 6. The second kappa shape index (κ2) is 20.8. The minimum absolute atomic E-state index is 0.181. The molecule has 0 spiro atoms. The summed E-state index contributed by atoms with van der Waals surface area (Å²) in [7, 11) is 0. The summed E-state index contributed by atoms with van der Waals surface area (Å²) in [4.78, 5) is 72.1. The van der Waals surface area contributed by atoms with Crippen LogP contribution < -0.4 is 27.8 Å². The van der Waals surface area contributed by atoms with Gasteiger partial charge in [-0.15, -0.1) is 0 Å². The number of rotatable bonds is 24. The van der Waals surface area contributed by atoms with Gasteiger partial charge in [0.15, 0.2) is 1.41 Å². The minimum Gasteiger partial charge on any atom is -0.480 e. The normalized spacial score (nSPS) is 15.2. The van der Waals surface area contributed by atoms with Gasteiger partial charge in [0.1, 0.15) is 23.9 Å². The highest BCUT2D eigenvalue weighted by atomic mass is 16.4. The number of ketones is 1. The van der Waals surface area contributed by atoms with E-state index in [2.05, 4.69) is 12.2 Å². The van der Waals surface area contributed by atoms with Crippen molar-refractivity contribution in [1.29, 1.82) is 0 Å². The molecule has 0 saturated carbocycles. The van der Waals surface area contributed by atoms with E-state index in [1.807, 2.05) is 0 Å². The number of hydrogen-bond donors (Lipinski definition) is 7. The van der Waals surface area contributed by atoms with Crippen LogP contribution in [0, 0.1) is 5.92 Å². The maximum Gasteiger partial charge on any atom is 0.326 e. The zero-order valence-electron chi connectivity index (χ0n) is 24.8. The van der Waals surface area contributed by atoms with Crippen molar-refractivity contribution in [3.8, 4) is 0 Å². The molecule has 3 unspecified atom stereocenters. The molecule has 230 valence electrons. The van der Waals surface area contributed by atoms with Gasteiger partial charge >= 0.3 is 11.9 Å². The Morgan fingerprint density at radius 1 is 0.800 bits per heavy atom. The van der Waals surface area contributed by atoms with E-state index in [0.717, 1.165) is 19.3 Å². The molecule has 0 bridgehead atoms. The van der Waals surface area contributed by atoms with E-state index < -0.39 is 72.5 Å². The molecule has 3 amide bonds. The first-order valence-electron chi connectivity index (χ1n) is 14.6. The quantitative estimate of drug-likeness (QED) is 0.0807. The third kappa shape index (κ3) is 16.1. The SMILES string of the molecule is [2H]N(C(=O)[C@H](C)NC(=O)CCCCCCCCCCC)[C@H](CCC(=O)C(CCC(N)C(=O)O)C(N)C(N)=O)C(=O)O. The average Bonchev–Trinajstić information content (AvgIpc) is 2.90. The molecule has 0 rings (SSSR count). The molecular weight excluding hydrogens is 522 g/mol. The Morgan fingerprint density at radius 3 is 1.85 bits per heavy atom. The number of carbonyl (C=O) groups excluding carboxylic acids is 4. The van der Waals surface area contributed by atoms with E-state index in [0.29, 0.717) is 6.42 Å². The maximum atomic E-state index is 12.8. The average molecular weight is 573 g/mol. The molecule has 0 saturated heterocycles. The molecule has 40 heavy (non-hydrogen) atoms. The molecule has 0 aliphatic carbocycles. The number of nitrogens with two attached hydrogens (primary N) is 3. The van der Waals surface area contributed by atoms with Gasteiger partial charge in [0.2, 0.25) is 17.7 Å². The van der Waals surface area contributed by atoms with Gasteiger partial charge in [0, 0.05) is 18.8 Å². The summed E-state index contributed by atoms with van der Waals surface area (Å²) in [5.41, 5.74) is 16.4. The summed E-state index contributed by atoms with van der Waals surface area (Å²) in [5.74, 6) is -7.11. The number of unbranched alkanes of at least 4 members (excludes halogenated alkanes) is 8. The molecule has 5 atom stereocenters. The highest BCUT2D eigenvalue weighted by molar-refractivity contribution is 5.92. The van der Waals surface area contributed by atoms with Gasteiger partial charge in [-0.05, 0) is 32.6 Å². The second-order valence-corrected chi connectivity index (χ2v) is 10.3. The van der Waals surface area contributed by atoms with Crippen molar-refractivity contribution >= 4 is 35.4 Å². The maximum absolute atomic E-state index is 12.8. The molecule has 10 N–H and O–H groups in total. The molecule has 0 aliphatic heterocycles. The van der Waals surface area contributed by atoms with E-state index in [4.69, 9.17) is 23.7 Å². The van der Waals surface area contributed by atoms with Crippen molar-refractivity contribution in [2.24, 2.45) is 23.1 Å². The van der Waals surface area contributed by atoms with E-state index in [1.165, 1.54) is 39.0 Å². The first kappa shape index (κ1) is 35.0. The fraction of sp³-hybridized carbons (Fsp3) is 0.778. The summed E-state index contributed by atoms with van der Waals surface area (Å²) in [6.45, 7) is 3.51. The highest BCUT2D eigenvalue weighted by Crippen LogP contribution is 2.17. The predicted octanol–water partition coefficient (Wildman–Crippen LogP) is 0.952. The molecule has 13 nitrogen and oxygen atoms in total. The number of Topliss-reactive ketones (excluding diaryl/α,β-unsaturated/α-hetero) is 1. The van der Waals surface area contributed by atoms with Gasteiger partial charge in [-0.25, -0.2) is 4.79 Å². The molecule has 0 radical (unpaired) electrons. The van der Waals surface area contributed by atoms with Crippen LogP contribution in [0.3, 0.4) is 0 Å². The van der Waals surface area contributed by atoms with Crippen molar-refractivity contribution < 1.29 is 40.4 Å². The molecule has 0 aromatic carbocycles. The molecule has 0 fully saturated rings. The van der Waals surface area contributed by atoms with E-state index in [1.54, 1.807) is 0 Å². The predicted molar refractivity (Wildman–Crippen MR) is 149 cm³/mol. The Hall–Kier alpha value is -3.06. The first-order chi connectivity index (χ1) is 19.2. The van der Waals surface area contributed by atoms with E-state index in [9.17, 15) is 33.9 Å². The van der Waals surface area contributed by atoms with Gasteiger partial charge in [0.25, 0.3) is 0 Å². The van der Waals surface area contributed by atoms with Crippen LogP contribution in [-0.4, -0.2) is 69.8 Å². The Bertz CT molecular complexity index is 875. The fourth-order valence-electron chi connectivity index (χ4n) is 4.17. The lowest BCUT2D eigenvalue weighted by Gasteiger charge is -2.23. The zero-order chi connectivity index (χ0) is 31.5. The van der Waals surface area contributed by atoms with Gasteiger partial charge in [-0.2, -0.15) is 0 Å². The summed E-state index contributed by atoms with van der Waals surface area (Å²) in [6.07, 6.45) is 8.61. The summed E-state index contributed by atoms with van der Waals surface area (Å²) in [5, 5.41) is 21.2. The largest absolute Gasteiger partial charge is 0.480 e. The number of carboxylic acid groups (broad SMARTS) is 2. The Morgan fingerprint density at radius 2 is 1.35 bits per heavy atom. The highest BCUT2D eigenvalue weighted by Gasteiger charge is 2.32. The van der Waals surface area contributed by atoms with E-state index >= 15 is 0 Å². The number of primary amides is 1.